The molecule has 0 aliphatic carbocycles. The Morgan fingerprint density at radius 1 is 0.946 bits per heavy atom. The van der Waals surface area contributed by atoms with E-state index in [0.717, 1.165) is 28.1 Å². The first kappa shape index (κ1) is 24.9. The molecule has 0 radical (unpaired) electrons. The van der Waals surface area contributed by atoms with Gasteiger partial charge >= 0.3 is 0 Å². The number of aromatic nitrogens is 2. The van der Waals surface area contributed by atoms with E-state index >= 15 is 0 Å². The van der Waals surface area contributed by atoms with Gasteiger partial charge in [0.1, 0.15) is 0 Å². The molecule has 1 amide bonds. The average molecular weight is 515 g/mol. The van der Waals surface area contributed by atoms with Crippen molar-refractivity contribution in [3.05, 3.63) is 113 Å². The summed E-state index contributed by atoms with van der Waals surface area (Å²) in [5, 5.41) is 4.75. The zero-order valence-electron chi connectivity index (χ0n) is 21.3. The molecule has 0 unspecified atom stereocenters. The molecule has 1 aromatic heterocycles. The first-order chi connectivity index (χ1) is 17.7. The Morgan fingerprint density at radius 3 is 2.22 bits per heavy atom. The van der Waals surface area contributed by atoms with Gasteiger partial charge in [0.25, 0.3) is 5.91 Å². The average Bonchev–Trinajstić information content (AvgIpc) is 3.21. The van der Waals surface area contributed by atoms with Crippen LogP contribution in [0.2, 0.25) is 0 Å². The van der Waals surface area contributed by atoms with Gasteiger partial charge in [-0.15, -0.1) is 0 Å². The van der Waals surface area contributed by atoms with Crippen molar-refractivity contribution < 1.29 is 13.2 Å². The van der Waals surface area contributed by atoms with Crippen LogP contribution in [0.25, 0.3) is 0 Å². The summed E-state index contributed by atoms with van der Waals surface area (Å²) in [6.45, 7) is 4.64. The molecule has 0 atom stereocenters. The fourth-order valence-electron chi connectivity index (χ4n) is 4.98. The van der Waals surface area contributed by atoms with Crippen LogP contribution >= 0.6 is 0 Å². The van der Waals surface area contributed by atoms with E-state index in [9.17, 15) is 13.2 Å². The van der Waals surface area contributed by atoms with E-state index < -0.39 is 10.0 Å². The molecule has 7 nitrogen and oxygen atoms in total. The zero-order chi connectivity index (χ0) is 26.2. The molecule has 190 valence electrons. The van der Waals surface area contributed by atoms with E-state index in [1.807, 2.05) is 80.2 Å². The zero-order valence-corrected chi connectivity index (χ0v) is 22.1. The maximum Gasteiger partial charge on any atom is 0.258 e. The van der Waals surface area contributed by atoms with Crippen LogP contribution in [0.15, 0.2) is 83.8 Å². The smallest absolute Gasteiger partial charge is 0.258 e. The maximum absolute atomic E-state index is 13.6. The number of aryl methyl sites for hydroxylation is 3. The lowest BCUT2D eigenvalue weighted by molar-refractivity contribution is 0.0984. The summed E-state index contributed by atoms with van der Waals surface area (Å²) in [4.78, 5) is 15.6. The van der Waals surface area contributed by atoms with Gasteiger partial charge in [-0.2, -0.15) is 9.40 Å². The van der Waals surface area contributed by atoms with E-state index in [1.54, 1.807) is 29.2 Å². The minimum absolute atomic E-state index is 0.137. The van der Waals surface area contributed by atoms with Crippen LogP contribution in [0.3, 0.4) is 0 Å². The highest BCUT2D eigenvalue weighted by atomic mass is 32.2. The molecule has 0 fully saturated rings. The number of hydrogen-bond acceptors (Lipinski definition) is 4. The molecule has 5 rings (SSSR count). The molecule has 0 bridgehead atoms. The summed E-state index contributed by atoms with van der Waals surface area (Å²) in [5.74, 6) is -0.137. The predicted molar refractivity (Wildman–Crippen MR) is 144 cm³/mol. The van der Waals surface area contributed by atoms with Crippen LogP contribution in [-0.4, -0.2) is 35.0 Å². The second kappa shape index (κ2) is 9.95. The summed E-state index contributed by atoms with van der Waals surface area (Å²) in [7, 11) is -1.80. The second-order valence-corrected chi connectivity index (χ2v) is 11.4. The third kappa shape index (κ3) is 4.95. The van der Waals surface area contributed by atoms with Gasteiger partial charge in [-0.1, -0.05) is 42.5 Å². The van der Waals surface area contributed by atoms with Gasteiger partial charge in [0.15, 0.2) is 0 Å². The third-order valence-corrected chi connectivity index (χ3v) is 8.59. The molecule has 0 N–H and O–H groups in total. The Bertz CT molecular complexity index is 1530. The first-order valence-corrected chi connectivity index (χ1v) is 13.7. The highest BCUT2D eigenvalue weighted by molar-refractivity contribution is 7.89. The number of amides is 1. The molecule has 3 aromatic carbocycles. The summed E-state index contributed by atoms with van der Waals surface area (Å²) >= 11 is 0. The largest absolute Gasteiger partial charge is 0.302 e. The molecular weight excluding hydrogens is 484 g/mol. The minimum Gasteiger partial charge on any atom is -0.302 e. The fraction of sp³-hybridized carbons (Fsp3) is 0.241. The van der Waals surface area contributed by atoms with Crippen molar-refractivity contribution in [2.24, 2.45) is 7.05 Å². The molecule has 1 aliphatic heterocycles. The number of nitrogens with zero attached hydrogens (tertiary/aromatic N) is 4. The number of carbonyl (C=O) groups is 1. The Kier molecular flexibility index (Phi) is 6.70. The van der Waals surface area contributed by atoms with E-state index in [0.29, 0.717) is 29.1 Å². The van der Waals surface area contributed by atoms with Gasteiger partial charge < -0.3 is 4.90 Å². The first-order valence-electron chi connectivity index (χ1n) is 12.3. The maximum atomic E-state index is 13.6. The van der Waals surface area contributed by atoms with Crippen molar-refractivity contribution in [3.8, 4) is 0 Å². The lowest BCUT2D eigenvalue weighted by Crippen LogP contribution is -2.37. The van der Waals surface area contributed by atoms with Crippen molar-refractivity contribution in [3.63, 3.8) is 0 Å². The van der Waals surface area contributed by atoms with Crippen molar-refractivity contribution in [2.45, 2.75) is 38.3 Å². The van der Waals surface area contributed by atoms with Gasteiger partial charge in [-0.3, -0.25) is 9.48 Å². The van der Waals surface area contributed by atoms with Gasteiger partial charge in [-0.25, -0.2) is 8.42 Å². The van der Waals surface area contributed by atoms with Gasteiger partial charge in [0, 0.05) is 49.1 Å². The van der Waals surface area contributed by atoms with E-state index in [1.165, 1.54) is 4.31 Å². The van der Waals surface area contributed by atoms with Crippen LogP contribution in [0.4, 0.5) is 5.69 Å². The van der Waals surface area contributed by atoms with Crippen LogP contribution in [0.1, 0.15) is 38.4 Å². The van der Waals surface area contributed by atoms with E-state index in [-0.39, 0.29) is 19.0 Å². The van der Waals surface area contributed by atoms with Crippen LogP contribution in [-0.2, 0) is 36.6 Å². The number of benzene rings is 3. The Morgan fingerprint density at radius 2 is 1.57 bits per heavy atom. The number of para-hydroxylation sites is 1. The fourth-order valence-corrected chi connectivity index (χ4v) is 6.58. The Hall–Kier alpha value is -3.75. The topological polar surface area (TPSA) is 75.5 Å². The Labute approximate surface area is 218 Å². The number of carbonyl (C=O) groups excluding carboxylic acids is 1. The summed E-state index contributed by atoms with van der Waals surface area (Å²) in [6.07, 6.45) is 0.556. The molecule has 1 aliphatic rings. The number of sulfonamides is 1. The molecular formula is C29H30N4O3S. The molecule has 0 spiro atoms. The lowest BCUT2D eigenvalue weighted by Gasteiger charge is -2.28. The molecule has 4 aromatic rings. The monoisotopic (exact) mass is 514 g/mol. The SMILES string of the molecule is Cc1cc(C)cc(S(=O)(=O)N2CCc3c(c(CN(C(=O)c4ccccc4)c4ccccc4)nn3C)C2)c1. The number of rotatable bonds is 6. The second-order valence-electron chi connectivity index (χ2n) is 9.50. The molecule has 2 heterocycles. The van der Waals surface area contributed by atoms with Crippen molar-refractivity contribution in [2.75, 3.05) is 11.4 Å². The van der Waals surface area contributed by atoms with Gasteiger partial charge in [0.2, 0.25) is 10.0 Å². The summed E-state index contributed by atoms with van der Waals surface area (Å²) in [6, 6.07) is 24.1. The minimum atomic E-state index is -3.68. The number of hydrogen-bond donors (Lipinski definition) is 0. The highest BCUT2D eigenvalue weighted by Crippen LogP contribution is 2.30. The third-order valence-electron chi connectivity index (χ3n) is 6.77. The highest BCUT2D eigenvalue weighted by Gasteiger charge is 2.33. The van der Waals surface area contributed by atoms with Crippen LogP contribution in [0, 0.1) is 13.8 Å². The molecule has 8 heteroatoms. The predicted octanol–water partition coefficient (Wildman–Crippen LogP) is 4.63. The van der Waals surface area contributed by atoms with Crippen molar-refractivity contribution >= 4 is 21.6 Å². The number of fused-ring (bicyclic) bond motifs is 1. The van der Waals surface area contributed by atoms with E-state index in [4.69, 9.17) is 5.10 Å². The molecule has 37 heavy (non-hydrogen) atoms. The number of anilines is 1. The molecule has 0 saturated heterocycles. The summed E-state index contributed by atoms with van der Waals surface area (Å²) < 4.78 is 30.5. The van der Waals surface area contributed by atoms with Crippen LogP contribution < -0.4 is 4.90 Å². The quantitative estimate of drug-likeness (QED) is 0.376. The normalized spacial score (nSPS) is 13.8. The van der Waals surface area contributed by atoms with Crippen LogP contribution in [0.5, 0.6) is 0 Å². The molecule has 0 saturated carbocycles. The van der Waals surface area contributed by atoms with Gasteiger partial charge in [0.05, 0.1) is 17.1 Å². The van der Waals surface area contributed by atoms with E-state index in [2.05, 4.69) is 0 Å². The summed E-state index contributed by atoms with van der Waals surface area (Å²) in [5.41, 5.74) is 5.73. The van der Waals surface area contributed by atoms with Gasteiger partial charge in [-0.05, 0) is 61.4 Å². The van der Waals surface area contributed by atoms with Crippen molar-refractivity contribution in [1.29, 1.82) is 0 Å². The Balaban J connectivity index is 1.50. The standard InChI is InChI=1S/C29H30N4O3S/c1-21-16-22(2)18-25(17-21)37(35,36)32-15-14-28-26(19-32)27(30-31(28)3)20-33(24-12-8-5-9-13-24)29(34)23-10-6-4-7-11-23/h4-13,16-18H,14-15,19-20H2,1-3H3. The lowest BCUT2D eigenvalue weighted by atomic mass is 10.1. The van der Waals surface area contributed by atoms with Crippen molar-refractivity contribution in [1.82, 2.24) is 14.1 Å².